The first-order valence-corrected chi connectivity index (χ1v) is 14.5. The van der Waals surface area contributed by atoms with E-state index in [1.807, 2.05) is 55.7 Å². The van der Waals surface area contributed by atoms with Crippen molar-refractivity contribution in [3.05, 3.63) is 83.7 Å². The molecule has 0 aliphatic rings. The minimum atomic E-state index is -0.983. The zero-order valence-electron chi connectivity index (χ0n) is 25.4. The SMILES string of the molecule is CC(C)(C)[C@H](c1cc(-c2cc(F)ccc2F)cn1Cc1ccccc1)N(CC[C@H](N)C(=O)NCCNC(=O)CN)C(=O)CO. The van der Waals surface area contributed by atoms with Gasteiger partial charge < -0.3 is 36.7 Å². The Balaban J connectivity index is 1.97. The Morgan fingerprint density at radius 3 is 2.34 bits per heavy atom. The monoisotopic (exact) mass is 612 g/mol. The first-order chi connectivity index (χ1) is 20.8. The summed E-state index contributed by atoms with van der Waals surface area (Å²) in [7, 11) is 0. The van der Waals surface area contributed by atoms with E-state index in [1.54, 1.807) is 12.3 Å². The zero-order valence-corrected chi connectivity index (χ0v) is 25.4. The average molecular weight is 613 g/mol. The van der Waals surface area contributed by atoms with Crippen LogP contribution in [0.3, 0.4) is 0 Å². The Morgan fingerprint density at radius 1 is 1.02 bits per heavy atom. The van der Waals surface area contributed by atoms with Gasteiger partial charge in [0.05, 0.1) is 18.6 Å². The fourth-order valence-corrected chi connectivity index (χ4v) is 5.10. The van der Waals surface area contributed by atoms with Gasteiger partial charge in [0.1, 0.15) is 18.2 Å². The highest BCUT2D eigenvalue weighted by atomic mass is 19.1. The molecule has 3 rings (SSSR count). The number of aliphatic hydroxyl groups excluding tert-OH is 1. The van der Waals surface area contributed by atoms with Crippen LogP contribution in [0.2, 0.25) is 0 Å². The van der Waals surface area contributed by atoms with Crippen LogP contribution in [0.5, 0.6) is 0 Å². The summed E-state index contributed by atoms with van der Waals surface area (Å²) in [5.41, 5.74) is 12.9. The Bertz CT molecular complexity index is 1420. The van der Waals surface area contributed by atoms with Gasteiger partial charge in [-0.3, -0.25) is 14.4 Å². The molecule has 0 saturated heterocycles. The van der Waals surface area contributed by atoms with Gasteiger partial charge in [0.25, 0.3) is 0 Å². The van der Waals surface area contributed by atoms with Crippen molar-refractivity contribution in [1.82, 2.24) is 20.1 Å². The summed E-state index contributed by atoms with van der Waals surface area (Å²) in [6.45, 7) is 5.59. The van der Waals surface area contributed by atoms with E-state index >= 15 is 0 Å². The minimum Gasteiger partial charge on any atom is -0.387 e. The summed E-state index contributed by atoms with van der Waals surface area (Å²) in [5, 5.41) is 15.2. The Labute approximate surface area is 256 Å². The fourth-order valence-electron chi connectivity index (χ4n) is 5.10. The number of hydrogen-bond donors (Lipinski definition) is 5. The number of carbonyl (C=O) groups is 3. The molecule has 0 unspecified atom stereocenters. The summed E-state index contributed by atoms with van der Waals surface area (Å²) >= 11 is 0. The third-order valence-corrected chi connectivity index (χ3v) is 7.18. The van der Waals surface area contributed by atoms with Crippen molar-refractivity contribution in [2.45, 2.75) is 45.8 Å². The molecule has 1 heterocycles. The molecule has 44 heavy (non-hydrogen) atoms. The van der Waals surface area contributed by atoms with Crippen LogP contribution in [0.1, 0.15) is 44.5 Å². The van der Waals surface area contributed by atoms with Crippen LogP contribution in [0, 0.1) is 17.0 Å². The standard InChI is InChI=1S/C32H42F2N6O4/c1-32(2,3)30(40(29(43)20-41)14-11-26(36)31(44)38-13-12-37-28(42)17-35)27-15-22(24-16-23(33)9-10-25(24)34)19-39(27)18-21-7-5-4-6-8-21/h4-10,15-16,19,26,30,41H,11-14,17-18,20,35-36H2,1-3H3,(H,37,42)(H,38,44)/t26-,30-/m0/s1. The van der Waals surface area contributed by atoms with Crippen molar-refractivity contribution in [1.29, 1.82) is 0 Å². The number of hydrogen-bond acceptors (Lipinski definition) is 6. The molecule has 2 atom stereocenters. The largest absolute Gasteiger partial charge is 0.387 e. The third kappa shape index (κ3) is 9.18. The lowest BCUT2D eigenvalue weighted by Gasteiger charge is -2.41. The molecule has 0 spiro atoms. The predicted molar refractivity (Wildman–Crippen MR) is 164 cm³/mol. The van der Waals surface area contributed by atoms with E-state index < -0.39 is 47.6 Å². The number of benzene rings is 2. The normalized spacial score (nSPS) is 12.8. The molecule has 0 bridgehead atoms. The Kier molecular flexibility index (Phi) is 12.1. The molecule has 12 heteroatoms. The molecule has 2 aromatic carbocycles. The Hall–Kier alpha value is -4.13. The van der Waals surface area contributed by atoms with Gasteiger partial charge in [-0.1, -0.05) is 51.1 Å². The number of amides is 3. The first kappa shape index (κ1) is 34.4. The number of rotatable bonds is 14. The average Bonchev–Trinajstić information content (AvgIpc) is 3.39. The molecule has 7 N–H and O–H groups in total. The van der Waals surface area contributed by atoms with Crippen LogP contribution in [0.15, 0.2) is 60.8 Å². The van der Waals surface area contributed by atoms with E-state index in [2.05, 4.69) is 10.6 Å². The maximum Gasteiger partial charge on any atom is 0.248 e. The van der Waals surface area contributed by atoms with Crippen LogP contribution in [-0.2, 0) is 20.9 Å². The topological polar surface area (TPSA) is 156 Å². The van der Waals surface area contributed by atoms with E-state index in [1.165, 1.54) is 4.90 Å². The molecule has 0 saturated carbocycles. The maximum atomic E-state index is 14.9. The van der Waals surface area contributed by atoms with Crippen molar-refractivity contribution < 1.29 is 28.3 Å². The molecule has 3 aromatic rings. The number of carbonyl (C=O) groups excluding carboxylic acids is 3. The number of halogens is 2. The number of aromatic nitrogens is 1. The highest BCUT2D eigenvalue weighted by molar-refractivity contribution is 5.82. The summed E-state index contributed by atoms with van der Waals surface area (Å²) < 4.78 is 31.0. The molecule has 1 aromatic heterocycles. The highest BCUT2D eigenvalue weighted by Gasteiger charge is 2.37. The quantitative estimate of drug-likeness (QED) is 0.176. The molecule has 0 radical (unpaired) electrons. The van der Waals surface area contributed by atoms with Crippen LogP contribution in [0.25, 0.3) is 11.1 Å². The van der Waals surface area contributed by atoms with Gasteiger partial charge in [-0.2, -0.15) is 0 Å². The van der Waals surface area contributed by atoms with Crippen molar-refractivity contribution in [2.75, 3.05) is 32.8 Å². The van der Waals surface area contributed by atoms with E-state index in [0.717, 1.165) is 23.8 Å². The lowest BCUT2D eigenvalue weighted by atomic mass is 9.82. The van der Waals surface area contributed by atoms with Gasteiger partial charge in [0.2, 0.25) is 17.7 Å². The second-order valence-corrected chi connectivity index (χ2v) is 11.6. The van der Waals surface area contributed by atoms with Crippen LogP contribution in [0.4, 0.5) is 8.78 Å². The summed E-state index contributed by atoms with van der Waals surface area (Å²) in [6.07, 6.45) is 1.80. The van der Waals surface area contributed by atoms with Gasteiger partial charge in [-0.25, -0.2) is 8.78 Å². The zero-order chi connectivity index (χ0) is 32.4. The fraction of sp³-hybridized carbons (Fsp3) is 0.406. The number of aliphatic hydroxyl groups is 1. The van der Waals surface area contributed by atoms with Gasteiger partial charge in [-0.15, -0.1) is 0 Å². The molecule has 238 valence electrons. The lowest BCUT2D eigenvalue weighted by Crippen LogP contribution is -2.48. The summed E-state index contributed by atoms with van der Waals surface area (Å²) in [6, 6.07) is 12.9. The molecule has 0 aliphatic carbocycles. The van der Waals surface area contributed by atoms with E-state index in [0.29, 0.717) is 17.8 Å². The second-order valence-electron chi connectivity index (χ2n) is 11.6. The number of nitrogens with one attached hydrogen (secondary N) is 2. The number of nitrogens with two attached hydrogens (primary N) is 2. The van der Waals surface area contributed by atoms with Crippen molar-refractivity contribution in [3.63, 3.8) is 0 Å². The highest BCUT2D eigenvalue weighted by Crippen LogP contribution is 2.41. The lowest BCUT2D eigenvalue weighted by molar-refractivity contribution is -0.140. The van der Waals surface area contributed by atoms with Crippen LogP contribution >= 0.6 is 0 Å². The summed E-state index contributed by atoms with van der Waals surface area (Å²) in [4.78, 5) is 38.7. The molecular weight excluding hydrogens is 570 g/mol. The maximum absolute atomic E-state index is 14.9. The molecule has 10 nitrogen and oxygen atoms in total. The Morgan fingerprint density at radius 2 is 1.70 bits per heavy atom. The predicted octanol–water partition coefficient (Wildman–Crippen LogP) is 2.30. The smallest absolute Gasteiger partial charge is 0.248 e. The van der Waals surface area contributed by atoms with Crippen molar-refractivity contribution >= 4 is 17.7 Å². The van der Waals surface area contributed by atoms with Gasteiger partial charge >= 0.3 is 0 Å². The van der Waals surface area contributed by atoms with Gasteiger partial charge in [-0.05, 0) is 41.7 Å². The molecular formula is C32H42F2N6O4. The van der Waals surface area contributed by atoms with Gasteiger partial charge in [0.15, 0.2) is 0 Å². The van der Waals surface area contributed by atoms with E-state index in [-0.39, 0.29) is 44.1 Å². The van der Waals surface area contributed by atoms with Crippen molar-refractivity contribution in [2.24, 2.45) is 16.9 Å². The molecule has 0 aliphatic heterocycles. The first-order valence-electron chi connectivity index (χ1n) is 14.5. The third-order valence-electron chi connectivity index (χ3n) is 7.18. The minimum absolute atomic E-state index is 0.0278. The number of nitrogens with zero attached hydrogens (tertiary/aromatic N) is 2. The van der Waals surface area contributed by atoms with Gasteiger partial charge in [0, 0.05) is 49.2 Å². The van der Waals surface area contributed by atoms with E-state index in [4.69, 9.17) is 11.5 Å². The molecule has 3 amide bonds. The second kappa shape index (κ2) is 15.6. The van der Waals surface area contributed by atoms with Crippen LogP contribution < -0.4 is 22.1 Å². The summed E-state index contributed by atoms with van der Waals surface area (Å²) in [5.74, 6) is -2.57. The van der Waals surface area contributed by atoms with E-state index in [9.17, 15) is 28.3 Å². The van der Waals surface area contributed by atoms with Crippen molar-refractivity contribution in [3.8, 4) is 11.1 Å². The van der Waals surface area contributed by atoms with Crippen LogP contribution in [-0.4, -0.2) is 71.1 Å². The molecule has 0 fully saturated rings.